The van der Waals surface area contributed by atoms with Crippen LogP contribution in [0.1, 0.15) is 11.1 Å². The van der Waals surface area contributed by atoms with Gasteiger partial charge in [0.1, 0.15) is 0 Å². The zero-order chi connectivity index (χ0) is 17.2. The molecular weight excluding hydrogens is 481 g/mol. The van der Waals surface area contributed by atoms with Crippen LogP contribution < -0.4 is 24.8 Å². The van der Waals surface area contributed by atoms with Crippen molar-refractivity contribution in [1.82, 2.24) is 0 Å². The van der Waals surface area contributed by atoms with Gasteiger partial charge in [0.2, 0.25) is 0 Å². The minimum atomic E-state index is -0.283. The van der Waals surface area contributed by atoms with Crippen LogP contribution in [0.25, 0.3) is 26.6 Å². The minimum Gasteiger partial charge on any atom is -1.00 e. The molecule has 0 amide bonds. The fraction of sp³-hybridized carbons (Fsp3) is 0.0833. The fourth-order valence-electron chi connectivity index (χ4n) is 3.18. The third-order valence-electron chi connectivity index (χ3n) is 4.79. The molecule has 0 aliphatic heterocycles. The second-order valence-corrected chi connectivity index (χ2v) is 8.52. The molecule has 0 aliphatic carbocycles. The Balaban J connectivity index is 0.000000341. The van der Waals surface area contributed by atoms with Crippen LogP contribution in [0.4, 0.5) is 0 Å². The van der Waals surface area contributed by atoms with Crippen LogP contribution >= 0.6 is 7.53 Å². The van der Waals surface area contributed by atoms with Crippen molar-refractivity contribution >= 4 is 28.8 Å². The Bertz CT molecular complexity index is 1080. The molecule has 0 saturated carbocycles. The summed E-state index contributed by atoms with van der Waals surface area (Å²) < 4.78 is 0. The van der Waals surface area contributed by atoms with Gasteiger partial charge in [0, 0.05) is 5.12 Å². The molecule has 140 valence electrons. The van der Waals surface area contributed by atoms with Gasteiger partial charge < -0.3 is 24.8 Å². The van der Waals surface area contributed by atoms with Crippen molar-refractivity contribution in [3.63, 3.8) is 0 Å². The molecular formula is C24H21Cl2PZr. The standard InChI is InChI=1S/C17H12P.C7H9.2ClH.Zr/c1-2-7-15-12-16(11-14(15)6-1)18-10-9-13-5-3-4-8-17(13)18;1-6-4-3-5-7(6)2;;;/h1-12H;3-5H,1-2H3;2*1H;/q2*-1;;;+4/p-2. The van der Waals surface area contributed by atoms with Gasteiger partial charge in [-0.2, -0.15) is 23.3 Å². The molecule has 28 heavy (non-hydrogen) atoms. The van der Waals surface area contributed by atoms with Crippen molar-refractivity contribution in [2.24, 2.45) is 0 Å². The van der Waals surface area contributed by atoms with Crippen molar-refractivity contribution in [2.45, 2.75) is 13.8 Å². The number of aryl methyl sites for hydroxylation is 2. The summed E-state index contributed by atoms with van der Waals surface area (Å²) in [7, 11) is -0.283. The van der Waals surface area contributed by atoms with Gasteiger partial charge in [-0.15, -0.1) is 42.6 Å². The number of hydrogen-bond acceptors (Lipinski definition) is 0. The van der Waals surface area contributed by atoms with E-state index in [-0.39, 0.29) is 58.6 Å². The van der Waals surface area contributed by atoms with Crippen LogP contribution in [-0.2, 0) is 26.2 Å². The third kappa shape index (κ3) is 5.28. The van der Waals surface area contributed by atoms with Gasteiger partial charge in [0.15, 0.2) is 0 Å². The minimum absolute atomic E-state index is 0. The molecule has 5 aromatic rings. The number of fused-ring (bicyclic) bond motifs is 2. The van der Waals surface area contributed by atoms with Crippen LogP contribution in [0.2, 0.25) is 0 Å². The van der Waals surface area contributed by atoms with Gasteiger partial charge >= 0.3 is 26.2 Å². The maximum atomic E-state index is 2.37. The zero-order valence-electron chi connectivity index (χ0n) is 15.9. The van der Waals surface area contributed by atoms with E-state index in [9.17, 15) is 0 Å². The van der Waals surface area contributed by atoms with Crippen LogP contribution in [0, 0.1) is 13.8 Å². The van der Waals surface area contributed by atoms with Crippen molar-refractivity contribution in [1.29, 1.82) is 0 Å². The molecule has 0 saturated heterocycles. The van der Waals surface area contributed by atoms with Gasteiger partial charge in [-0.3, -0.25) is 0 Å². The number of rotatable bonds is 1. The van der Waals surface area contributed by atoms with Crippen molar-refractivity contribution in [2.75, 3.05) is 0 Å². The van der Waals surface area contributed by atoms with Crippen LogP contribution in [-0.4, -0.2) is 0 Å². The summed E-state index contributed by atoms with van der Waals surface area (Å²) >= 11 is 0. The van der Waals surface area contributed by atoms with E-state index >= 15 is 0 Å². The molecule has 0 nitrogen and oxygen atoms in total. The molecule has 4 heteroatoms. The van der Waals surface area contributed by atoms with Gasteiger partial charge in [0.05, 0.1) is 0 Å². The molecule has 1 aromatic heterocycles. The van der Waals surface area contributed by atoms with Gasteiger partial charge in [-0.1, -0.05) is 49.5 Å². The maximum absolute atomic E-state index is 2.37. The fourth-order valence-corrected chi connectivity index (χ4v) is 5.33. The summed E-state index contributed by atoms with van der Waals surface area (Å²) in [5.74, 6) is 2.37. The van der Waals surface area contributed by atoms with Gasteiger partial charge in [0.25, 0.3) is 0 Å². The Morgan fingerprint density at radius 2 is 1.50 bits per heavy atom. The monoisotopic (exact) mass is 500 g/mol. The van der Waals surface area contributed by atoms with E-state index in [2.05, 4.69) is 105 Å². The predicted molar refractivity (Wildman–Crippen MR) is 113 cm³/mol. The zero-order valence-corrected chi connectivity index (χ0v) is 20.7. The average Bonchev–Trinajstić information content (AvgIpc) is 3.34. The largest absolute Gasteiger partial charge is 4.00 e. The second-order valence-electron chi connectivity index (χ2n) is 6.48. The molecule has 5 rings (SSSR count). The molecule has 1 unspecified atom stereocenters. The second kappa shape index (κ2) is 11.2. The Morgan fingerprint density at radius 1 is 0.821 bits per heavy atom. The summed E-state index contributed by atoms with van der Waals surface area (Å²) in [5, 5.41) is 7.05. The first-order valence-electron chi connectivity index (χ1n) is 8.63. The summed E-state index contributed by atoms with van der Waals surface area (Å²) in [6.07, 6.45) is 0. The quantitative estimate of drug-likeness (QED) is 0.307. The molecule has 0 radical (unpaired) electrons. The SMILES string of the molecule is Cc1ccc[c-]1C.[Cl-].[Cl-].[Zr+4].c1ccc2[cH-]c(-p3ccc4ccccc43)cc2c1. The van der Waals surface area contributed by atoms with Crippen LogP contribution in [0.3, 0.4) is 0 Å². The first-order chi connectivity index (χ1) is 12.2. The van der Waals surface area contributed by atoms with Gasteiger partial charge in [-0.25, -0.2) is 12.1 Å². The van der Waals surface area contributed by atoms with E-state index in [0.29, 0.717) is 0 Å². The summed E-state index contributed by atoms with van der Waals surface area (Å²) in [6, 6.07) is 30.6. The average molecular weight is 503 g/mol. The molecule has 1 atom stereocenters. The van der Waals surface area contributed by atoms with Crippen molar-refractivity contribution < 1.29 is 51.0 Å². The van der Waals surface area contributed by atoms with Gasteiger partial charge in [-0.05, 0) is 17.3 Å². The van der Waals surface area contributed by atoms with E-state index < -0.39 is 0 Å². The predicted octanol–water partition coefficient (Wildman–Crippen LogP) is 1.72. The number of hydrogen-bond donors (Lipinski definition) is 0. The molecule has 0 spiro atoms. The molecule has 0 N–H and O–H groups in total. The van der Waals surface area contributed by atoms with E-state index in [4.69, 9.17) is 0 Å². The third-order valence-corrected chi connectivity index (χ3v) is 6.98. The Hall–Kier alpha value is -1.10. The van der Waals surface area contributed by atoms with Crippen molar-refractivity contribution in [3.05, 3.63) is 102 Å². The molecule has 0 bridgehead atoms. The van der Waals surface area contributed by atoms with E-state index in [1.54, 1.807) is 0 Å². The van der Waals surface area contributed by atoms with Crippen LogP contribution in [0.5, 0.6) is 0 Å². The Labute approximate surface area is 199 Å². The molecule has 0 aliphatic rings. The first kappa shape index (κ1) is 24.9. The van der Waals surface area contributed by atoms with Crippen molar-refractivity contribution in [3.8, 4) is 5.30 Å². The molecule has 4 aromatic carbocycles. The number of benzene rings is 2. The maximum Gasteiger partial charge on any atom is 4.00 e. The smallest absolute Gasteiger partial charge is 1.00 e. The summed E-state index contributed by atoms with van der Waals surface area (Å²) in [4.78, 5) is 0. The normalized spacial score (nSPS) is 10.3. The summed E-state index contributed by atoms with van der Waals surface area (Å²) in [6.45, 7) is 4.24. The van der Waals surface area contributed by atoms with Crippen LogP contribution in [0.15, 0.2) is 90.7 Å². The summed E-state index contributed by atoms with van der Waals surface area (Å²) in [5.41, 5.74) is 2.78. The Kier molecular flexibility index (Phi) is 9.96. The number of halogens is 2. The first-order valence-corrected chi connectivity index (χ1v) is 10.0. The van der Waals surface area contributed by atoms with E-state index in [1.165, 1.54) is 37.7 Å². The van der Waals surface area contributed by atoms with E-state index in [0.717, 1.165) is 0 Å². The molecule has 0 fully saturated rings. The Morgan fingerprint density at radius 3 is 2.11 bits per heavy atom. The molecule has 1 heterocycles. The topological polar surface area (TPSA) is 0 Å². The van der Waals surface area contributed by atoms with E-state index in [1.807, 2.05) is 0 Å².